The van der Waals surface area contributed by atoms with Gasteiger partial charge in [0.15, 0.2) is 5.69 Å². The molecule has 0 aliphatic carbocycles. The average Bonchev–Trinajstić information content (AvgIpc) is 3.13. The molecule has 25 heavy (non-hydrogen) atoms. The molecule has 0 N–H and O–H groups in total. The first-order valence-corrected chi connectivity index (χ1v) is 8.82. The number of aryl methyl sites for hydroxylation is 1. The van der Waals surface area contributed by atoms with Crippen LogP contribution in [-0.2, 0) is 4.74 Å². The number of hydrogen-bond donors (Lipinski definition) is 0. The number of rotatable bonds is 1. The van der Waals surface area contributed by atoms with Crippen LogP contribution in [0.25, 0.3) is 0 Å². The molecular formula is C19H26N4O2. The van der Waals surface area contributed by atoms with E-state index in [1.807, 2.05) is 44.7 Å². The van der Waals surface area contributed by atoms with Gasteiger partial charge in [-0.3, -0.25) is 0 Å². The molecule has 3 heterocycles. The van der Waals surface area contributed by atoms with E-state index in [-0.39, 0.29) is 11.5 Å². The number of carbonyl (C=O) groups is 1. The van der Waals surface area contributed by atoms with Gasteiger partial charge < -0.3 is 14.5 Å². The number of amides is 1. The van der Waals surface area contributed by atoms with Gasteiger partial charge in [-0.25, -0.2) is 9.78 Å². The first-order chi connectivity index (χ1) is 11.7. The highest BCUT2D eigenvalue weighted by Gasteiger charge is 2.46. The lowest BCUT2D eigenvalue weighted by Gasteiger charge is -2.27. The predicted octanol–water partition coefficient (Wildman–Crippen LogP) is 3.10. The molecular weight excluding hydrogens is 316 g/mol. The topological polar surface area (TPSA) is 69.5 Å². The van der Waals surface area contributed by atoms with Crippen molar-refractivity contribution in [1.29, 1.82) is 5.26 Å². The van der Waals surface area contributed by atoms with E-state index in [9.17, 15) is 10.1 Å². The fraction of sp³-hybridized carbons (Fsp3) is 0.632. The Morgan fingerprint density at radius 1 is 1.28 bits per heavy atom. The number of nitriles is 1. The van der Waals surface area contributed by atoms with Crippen LogP contribution in [0.15, 0.2) is 12.1 Å². The number of pyridine rings is 1. The van der Waals surface area contributed by atoms with Gasteiger partial charge in [0.05, 0.1) is 5.69 Å². The number of aromatic nitrogens is 1. The van der Waals surface area contributed by atoms with Crippen LogP contribution in [0.2, 0.25) is 0 Å². The Labute approximate surface area is 149 Å². The largest absolute Gasteiger partial charge is 0.444 e. The Morgan fingerprint density at radius 2 is 2.00 bits per heavy atom. The van der Waals surface area contributed by atoms with Crippen LogP contribution in [0.4, 0.5) is 10.5 Å². The number of nitrogens with zero attached hydrogens (tertiary/aromatic N) is 4. The van der Waals surface area contributed by atoms with Crippen molar-refractivity contribution in [2.45, 2.75) is 46.1 Å². The van der Waals surface area contributed by atoms with Crippen LogP contribution in [0, 0.1) is 23.7 Å². The Bertz CT molecular complexity index is 719. The van der Waals surface area contributed by atoms with E-state index in [4.69, 9.17) is 4.74 Å². The van der Waals surface area contributed by atoms with Gasteiger partial charge in [0.1, 0.15) is 11.7 Å². The van der Waals surface area contributed by atoms with E-state index >= 15 is 0 Å². The second-order valence-electron chi connectivity index (χ2n) is 8.26. The van der Waals surface area contributed by atoms with E-state index < -0.39 is 5.60 Å². The van der Waals surface area contributed by atoms with Crippen LogP contribution < -0.4 is 4.90 Å². The lowest BCUT2D eigenvalue weighted by molar-refractivity contribution is 0.0276. The van der Waals surface area contributed by atoms with Gasteiger partial charge in [-0.15, -0.1) is 0 Å². The Morgan fingerprint density at radius 3 is 2.68 bits per heavy atom. The second kappa shape index (κ2) is 6.21. The third kappa shape index (κ3) is 3.71. The summed E-state index contributed by atoms with van der Waals surface area (Å²) >= 11 is 0. The number of anilines is 1. The molecule has 3 rings (SSSR count). The van der Waals surface area contributed by atoms with Crippen molar-refractivity contribution in [2.75, 3.05) is 31.1 Å². The third-order valence-corrected chi connectivity index (χ3v) is 4.99. The summed E-state index contributed by atoms with van der Waals surface area (Å²) in [4.78, 5) is 20.7. The molecule has 6 heteroatoms. The number of hydrogen-bond acceptors (Lipinski definition) is 5. The van der Waals surface area contributed by atoms with Crippen LogP contribution >= 0.6 is 0 Å². The van der Waals surface area contributed by atoms with Gasteiger partial charge >= 0.3 is 6.09 Å². The van der Waals surface area contributed by atoms with Gasteiger partial charge in [0.25, 0.3) is 0 Å². The maximum absolute atomic E-state index is 12.3. The van der Waals surface area contributed by atoms with E-state index in [1.54, 1.807) is 0 Å². The van der Waals surface area contributed by atoms with Gasteiger partial charge in [0, 0.05) is 37.3 Å². The third-order valence-electron chi connectivity index (χ3n) is 4.99. The van der Waals surface area contributed by atoms with Crippen LogP contribution in [0.1, 0.15) is 45.0 Å². The zero-order chi connectivity index (χ0) is 18.2. The minimum Gasteiger partial charge on any atom is -0.444 e. The molecule has 1 unspecified atom stereocenters. The minimum atomic E-state index is -0.468. The summed E-state index contributed by atoms with van der Waals surface area (Å²) in [5.74, 6) is 0. The smallest absolute Gasteiger partial charge is 0.410 e. The summed E-state index contributed by atoms with van der Waals surface area (Å²) in [5.41, 5.74) is 1.86. The zero-order valence-corrected chi connectivity index (χ0v) is 15.5. The normalized spacial score (nSPS) is 23.2. The molecule has 1 aromatic rings. The molecule has 0 aromatic carbocycles. The van der Waals surface area contributed by atoms with Crippen molar-refractivity contribution >= 4 is 11.8 Å². The van der Waals surface area contributed by atoms with Crippen LogP contribution in [-0.4, -0.2) is 47.8 Å². The monoisotopic (exact) mass is 342 g/mol. The summed E-state index contributed by atoms with van der Waals surface area (Å²) in [7, 11) is 0. The molecule has 134 valence electrons. The van der Waals surface area contributed by atoms with Crippen molar-refractivity contribution in [1.82, 2.24) is 9.88 Å². The maximum Gasteiger partial charge on any atom is 0.410 e. The van der Waals surface area contributed by atoms with Crippen LogP contribution in [0.3, 0.4) is 0 Å². The number of likely N-dealkylation sites (tertiary alicyclic amines) is 1. The van der Waals surface area contributed by atoms with E-state index in [0.717, 1.165) is 50.4 Å². The Balaban J connectivity index is 1.69. The van der Waals surface area contributed by atoms with E-state index in [2.05, 4.69) is 16.0 Å². The molecule has 1 spiro atoms. The van der Waals surface area contributed by atoms with Crippen molar-refractivity contribution in [3.05, 3.63) is 23.5 Å². The SMILES string of the molecule is Cc1ccc(N2CCC3(CCN(C(=O)OC(C)(C)C)C3)C2)c(C#N)n1. The molecule has 0 radical (unpaired) electrons. The molecule has 0 bridgehead atoms. The highest BCUT2D eigenvalue weighted by atomic mass is 16.6. The van der Waals surface area contributed by atoms with Crippen molar-refractivity contribution < 1.29 is 9.53 Å². The summed E-state index contributed by atoms with van der Waals surface area (Å²) in [5, 5.41) is 9.37. The Hall–Kier alpha value is -2.29. The zero-order valence-electron chi connectivity index (χ0n) is 15.5. The van der Waals surface area contributed by atoms with Gasteiger partial charge in [0.2, 0.25) is 0 Å². The molecule has 6 nitrogen and oxygen atoms in total. The predicted molar refractivity (Wildman–Crippen MR) is 95.4 cm³/mol. The van der Waals surface area contributed by atoms with Crippen molar-refractivity contribution in [3.63, 3.8) is 0 Å². The first kappa shape index (κ1) is 17.5. The quantitative estimate of drug-likeness (QED) is 0.784. The minimum absolute atomic E-state index is 0.0918. The molecule has 1 aromatic heterocycles. The maximum atomic E-state index is 12.3. The van der Waals surface area contributed by atoms with E-state index in [0.29, 0.717) is 5.69 Å². The van der Waals surface area contributed by atoms with Crippen molar-refractivity contribution in [3.8, 4) is 6.07 Å². The van der Waals surface area contributed by atoms with Gasteiger partial charge in [-0.1, -0.05) is 0 Å². The summed E-state index contributed by atoms with van der Waals surface area (Å²) < 4.78 is 5.51. The fourth-order valence-corrected chi connectivity index (χ4v) is 3.78. The second-order valence-corrected chi connectivity index (χ2v) is 8.26. The van der Waals surface area contributed by atoms with E-state index in [1.165, 1.54) is 0 Å². The molecule has 2 aliphatic heterocycles. The lowest BCUT2D eigenvalue weighted by atomic mass is 9.86. The molecule has 0 saturated carbocycles. The molecule has 1 atom stereocenters. The average molecular weight is 342 g/mol. The van der Waals surface area contributed by atoms with Crippen LogP contribution in [0.5, 0.6) is 0 Å². The number of ether oxygens (including phenoxy) is 1. The summed E-state index contributed by atoms with van der Waals surface area (Å²) in [6.07, 6.45) is 1.77. The Kier molecular flexibility index (Phi) is 4.36. The molecule has 2 saturated heterocycles. The van der Waals surface area contributed by atoms with Gasteiger partial charge in [-0.2, -0.15) is 5.26 Å². The lowest BCUT2D eigenvalue weighted by Crippen LogP contribution is -2.37. The highest BCUT2D eigenvalue weighted by molar-refractivity contribution is 5.68. The first-order valence-electron chi connectivity index (χ1n) is 8.82. The molecule has 1 amide bonds. The van der Waals surface area contributed by atoms with Gasteiger partial charge in [-0.05, 0) is 52.7 Å². The summed E-state index contributed by atoms with van der Waals surface area (Å²) in [6.45, 7) is 10.8. The molecule has 2 aliphatic rings. The highest BCUT2D eigenvalue weighted by Crippen LogP contribution is 2.41. The standard InChI is InChI=1S/C19H26N4O2/c1-14-5-6-16(15(11-20)21-14)22-9-7-19(12-22)8-10-23(13-19)17(24)25-18(2,3)4/h5-6H,7-10,12-13H2,1-4H3. The fourth-order valence-electron chi connectivity index (χ4n) is 3.78. The number of carbonyl (C=O) groups excluding carboxylic acids is 1. The molecule has 2 fully saturated rings. The van der Waals surface area contributed by atoms with Crippen molar-refractivity contribution in [2.24, 2.45) is 5.41 Å². The summed E-state index contributed by atoms with van der Waals surface area (Å²) in [6, 6.07) is 6.14.